The first-order chi connectivity index (χ1) is 27.9. The van der Waals surface area contributed by atoms with Gasteiger partial charge in [0, 0.05) is 12.8 Å². The lowest BCUT2D eigenvalue weighted by Crippen LogP contribution is -2.34. The third kappa shape index (κ3) is 36.2. The second-order valence-corrected chi connectivity index (χ2v) is 15.9. The van der Waals surface area contributed by atoms with Gasteiger partial charge in [0.2, 0.25) is 0 Å². The molecule has 0 saturated carbocycles. The molecule has 0 aromatic heterocycles. The number of aliphatic carboxylic acids is 1. The molecule has 0 amide bonds. The molecule has 6 N–H and O–H groups in total. The molecule has 14 heteroatoms. The highest BCUT2D eigenvalue weighted by atomic mass is 31.2. The summed E-state index contributed by atoms with van der Waals surface area (Å²) in [4.78, 5) is 45.9. The first-order valence-electron chi connectivity index (χ1n) is 21.5. The molecule has 0 spiro atoms. The number of aliphatic hydroxyl groups is 2. The molecule has 0 heterocycles. The number of allylic oxidation sites excluding steroid dienone is 9. The lowest BCUT2D eigenvalue weighted by molar-refractivity contribution is -0.161. The first kappa shape index (κ1) is 55.1. The number of carbonyl (C=O) groups excluding carboxylic acids is 2. The average molecular weight is 842 g/mol. The number of esters is 2. The highest BCUT2D eigenvalue weighted by molar-refractivity contribution is 7.47. The summed E-state index contributed by atoms with van der Waals surface area (Å²) in [6.07, 6.45) is 36.0. The van der Waals surface area contributed by atoms with Gasteiger partial charge in [-0.05, 0) is 77.0 Å². The van der Waals surface area contributed by atoms with E-state index in [4.69, 9.17) is 24.8 Å². The van der Waals surface area contributed by atoms with E-state index in [0.29, 0.717) is 38.5 Å². The summed E-state index contributed by atoms with van der Waals surface area (Å²) < 4.78 is 32.5. The van der Waals surface area contributed by atoms with Gasteiger partial charge in [0.25, 0.3) is 0 Å². The van der Waals surface area contributed by atoms with Crippen LogP contribution in [0.4, 0.5) is 0 Å². The highest BCUT2D eigenvalue weighted by Crippen LogP contribution is 2.43. The molecule has 1 unspecified atom stereocenters. The molecule has 0 aromatic carbocycles. The minimum absolute atomic E-state index is 0.0478. The van der Waals surface area contributed by atoms with E-state index < -0.39 is 69.9 Å². The standard InChI is InChI=1S/C44H76NO12P/c1-3-5-7-9-11-12-13-14-15-16-17-18-19-20-21-25-29-33-42(48)54-35-38(36-55-58(52,53)56-37-39(45)44(50)51)57-43(49)34-30-26-22-24-28-32-41(47)40(46)31-27-23-10-8-6-4-2/h11-12,14-15,17-18,20-21,23,27,38-41,46-47H,3-10,13,16,19,22,24-26,28-37,45H2,1-2H3,(H,50,51)(H,52,53)/b12-11-,15-14-,18-17-,21-20-,27-23-/t38-,39+,40+,41+/m1/s1. The summed E-state index contributed by atoms with van der Waals surface area (Å²) in [5.74, 6) is -2.59. The van der Waals surface area contributed by atoms with Crippen LogP contribution in [0.3, 0.4) is 0 Å². The number of phosphoric acid groups is 1. The van der Waals surface area contributed by atoms with Crippen LogP contribution in [0.15, 0.2) is 60.8 Å². The van der Waals surface area contributed by atoms with Crippen LogP contribution in [0.2, 0.25) is 0 Å². The van der Waals surface area contributed by atoms with Crippen LogP contribution in [0.5, 0.6) is 0 Å². The van der Waals surface area contributed by atoms with Gasteiger partial charge < -0.3 is 35.4 Å². The van der Waals surface area contributed by atoms with E-state index in [0.717, 1.165) is 64.2 Å². The number of rotatable bonds is 39. The number of unbranched alkanes of at least 4 members (excludes halogenated alkanes) is 11. The van der Waals surface area contributed by atoms with E-state index in [1.165, 1.54) is 25.7 Å². The second kappa shape index (κ2) is 38.3. The zero-order chi connectivity index (χ0) is 43.1. The number of phosphoric ester groups is 1. The van der Waals surface area contributed by atoms with Gasteiger partial charge >= 0.3 is 25.7 Å². The van der Waals surface area contributed by atoms with Crippen LogP contribution in [-0.2, 0) is 37.5 Å². The van der Waals surface area contributed by atoms with Crippen molar-refractivity contribution in [2.24, 2.45) is 5.73 Å². The Hall–Kier alpha value is -2.90. The van der Waals surface area contributed by atoms with Gasteiger partial charge in [0.15, 0.2) is 6.10 Å². The molecule has 13 nitrogen and oxygen atoms in total. The molecule has 0 aliphatic heterocycles. The summed E-state index contributed by atoms with van der Waals surface area (Å²) in [7, 11) is -4.77. The summed E-state index contributed by atoms with van der Waals surface area (Å²) in [6.45, 7) is 2.49. The topological polar surface area (TPSA) is 212 Å². The van der Waals surface area contributed by atoms with Crippen molar-refractivity contribution in [1.82, 2.24) is 0 Å². The Kier molecular flexibility index (Phi) is 36.4. The van der Waals surface area contributed by atoms with Crippen molar-refractivity contribution in [3.8, 4) is 0 Å². The zero-order valence-corrected chi connectivity index (χ0v) is 36.2. The van der Waals surface area contributed by atoms with Gasteiger partial charge in [-0.2, -0.15) is 0 Å². The van der Waals surface area contributed by atoms with Gasteiger partial charge in [-0.1, -0.05) is 126 Å². The molecule has 0 rings (SSSR count). The molecule has 5 atom stereocenters. The van der Waals surface area contributed by atoms with Gasteiger partial charge in [-0.3, -0.25) is 23.4 Å². The molecule has 0 aliphatic carbocycles. The van der Waals surface area contributed by atoms with E-state index in [2.05, 4.69) is 60.9 Å². The average Bonchev–Trinajstić information content (AvgIpc) is 3.19. The number of nitrogens with two attached hydrogens (primary N) is 1. The largest absolute Gasteiger partial charge is 0.480 e. The fourth-order valence-corrected chi connectivity index (χ4v) is 6.15. The number of hydrogen-bond acceptors (Lipinski definition) is 11. The number of carboxylic acids is 1. The number of aliphatic hydroxyl groups excluding tert-OH is 2. The fraction of sp³-hybridized carbons (Fsp3) is 0.705. The van der Waals surface area contributed by atoms with Gasteiger partial charge in [0.05, 0.1) is 25.4 Å². The van der Waals surface area contributed by atoms with Crippen LogP contribution >= 0.6 is 7.82 Å². The normalized spacial score (nSPS) is 15.4. The third-order valence-corrected chi connectivity index (χ3v) is 9.89. The van der Waals surface area contributed by atoms with E-state index in [9.17, 15) is 34.1 Å². The molecular formula is C44H76NO12P. The Balaban J connectivity index is 4.60. The van der Waals surface area contributed by atoms with Crippen molar-refractivity contribution >= 4 is 25.7 Å². The maximum absolute atomic E-state index is 12.6. The summed E-state index contributed by atoms with van der Waals surface area (Å²) in [6, 6.07) is -1.56. The maximum atomic E-state index is 12.6. The summed E-state index contributed by atoms with van der Waals surface area (Å²) in [5, 5.41) is 29.3. The molecule has 58 heavy (non-hydrogen) atoms. The molecular weight excluding hydrogens is 765 g/mol. The molecule has 0 radical (unpaired) electrons. The SMILES string of the molecule is CCCCC/C=C\C/C=C\C/C=C\C/C=C\CCCC(=O)OC[C@H](COP(=O)(O)OC[C@H](N)C(=O)O)OC(=O)CCCCCCC[C@H](O)[C@@H](O)C/C=C\CCCCC. The van der Waals surface area contributed by atoms with E-state index in [1.54, 1.807) is 0 Å². The van der Waals surface area contributed by atoms with E-state index >= 15 is 0 Å². The minimum atomic E-state index is -4.77. The molecule has 0 aliphatic rings. The van der Waals surface area contributed by atoms with Crippen LogP contribution < -0.4 is 5.73 Å². The quantitative estimate of drug-likeness (QED) is 0.0169. The monoisotopic (exact) mass is 842 g/mol. The molecule has 0 aromatic rings. The van der Waals surface area contributed by atoms with Crippen molar-refractivity contribution in [1.29, 1.82) is 0 Å². The van der Waals surface area contributed by atoms with Crippen molar-refractivity contribution in [3.05, 3.63) is 60.8 Å². The predicted octanol–water partition coefficient (Wildman–Crippen LogP) is 9.11. The van der Waals surface area contributed by atoms with Gasteiger partial charge in [-0.25, -0.2) is 4.57 Å². The van der Waals surface area contributed by atoms with Crippen LogP contribution in [-0.4, -0.2) is 82.3 Å². The lowest BCUT2D eigenvalue weighted by Gasteiger charge is -2.20. The Morgan fingerprint density at radius 2 is 1.10 bits per heavy atom. The van der Waals surface area contributed by atoms with Gasteiger partial charge in [-0.15, -0.1) is 0 Å². The maximum Gasteiger partial charge on any atom is 0.472 e. The Labute approximate surface area is 348 Å². The number of carbonyl (C=O) groups is 3. The zero-order valence-electron chi connectivity index (χ0n) is 35.3. The van der Waals surface area contributed by atoms with E-state index in [1.807, 2.05) is 18.2 Å². The first-order valence-corrected chi connectivity index (χ1v) is 23.0. The third-order valence-electron chi connectivity index (χ3n) is 8.94. The van der Waals surface area contributed by atoms with Crippen molar-refractivity contribution in [2.45, 2.75) is 179 Å². The van der Waals surface area contributed by atoms with Crippen molar-refractivity contribution in [2.75, 3.05) is 19.8 Å². The second-order valence-electron chi connectivity index (χ2n) is 14.4. The predicted molar refractivity (Wildman–Crippen MR) is 229 cm³/mol. The number of carboxylic acid groups (broad SMARTS) is 1. The van der Waals surface area contributed by atoms with Crippen molar-refractivity contribution < 1.29 is 57.7 Å². The Bertz CT molecular complexity index is 1250. The van der Waals surface area contributed by atoms with Gasteiger partial charge in [0.1, 0.15) is 12.6 Å². The Morgan fingerprint density at radius 1 is 0.603 bits per heavy atom. The highest BCUT2D eigenvalue weighted by Gasteiger charge is 2.28. The minimum Gasteiger partial charge on any atom is -0.480 e. The fourth-order valence-electron chi connectivity index (χ4n) is 5.37. The summed E-state index contributed by atoms with van der Waals surface area (Å²) in [5.41, 5.74) is 5.32. The van der Waals surface area contributed by atoms with Crippen LogP contribution in [0.1, 0.15) is 155 Å². The smallest absolute Gasteiger partial charge is 0.472 e. The van der Waals surface area contributed by atoms with Crippen LogP contribution in [0.25, 0.3) is 0 Å². The lowest BCUT2D eigenvalue weighted by atomic mass is 10.0. The molecule has 334 valence electrons. The van der Waals surface area contributed by atoms with Crippen LogP contribution in [0, 0.1) is 0 Å². The molecule has 0 bridgehead atoms. The molecule has 0 saturated heterocycles. The Morgan fingerprint density at radius 3 is 1.69 bits per heavy atom. The number of hydrogen-bond donors (Lipinski definition) is 5. The summed E-state index contributed by atoms with van der Waals surface area (Å²) >= 11 is 0. The molecule has 0 fully saturated rings. The number of ether oxygens (including phenoxy) is 2. The van der Waals surface area contributed by atoms with E-state index in [-0.39, 0.29) is 12.8 Å². The van der Waals surface area contributed by atoms with Crippen molar-refractivity contribution in [3.63, 3.8) is 0 Å².